The van der Waals surface area contributed by atoms with Gasteiger partial charge in [-0.1, -0.05) is 24.3 Å². The second-order valence-corrected chi connectivity index (χ2v) is 8.78. The highest BCUT2D eigenvalue weighted by Gasteiger charge is 2.27. The van der Waals surface area contributed by atoms with E-state index in [1.54, 1.807) is 18.4 Å². The van der Waals surface area contributed by atoms with Crippen LogP contribution in [0.15, 0.2) is 46.8 Å². The van der Waals surface area contributed by atoms with Crippen LogP contribution in [0.2, 0.25) is 0 Å². The summed E-state index contributed by atoms with van der Waals surface area (Å²) in [5.41, 5.74) is 0.212. The molecule has 0 saturated carbocycles. The van der Waals surface area contributed by atoms with E-state index in [1.807, 2.05) is 43.5 Å². The van der Waals surface area contributed by atoms with Crippen molar-refractivity contribution in [3.05, 3.63) is 52.2 Å². The number of guanidine groups is 1. The van der Waals surface area contributed by atoms with Crippen LogP contribution >= 0.6 is 11.3 Å². The molecule has 2 aromatic rings. The molecule has 0 spiro atoms. The summed E-state index contributed by atoms with van der Waals surface area (Å²) in [6, 6.07) is 12.4. The molecule has 2 unspecified atom stereocenters. The smallest absolute Gasteiger partial charge is 0.191 e. The number of aliphatic imine (C=N–C) groups is 1. The first-order valence-electron chi connectivity index (χ1n) is 10.7. The van der Waals surface area contributed by atoms with E-state index in [1.165, 1.54) is 18.4 Å². The van der Waals surface area contributed by atoms with Gasteiger partial charge in [-0.2, -0.15) is 0 Å². The molecule has 0 aliphatic carbocycles. The van der Waals surface area contributed by atoms with Gasteiger partial charge in [0.1, 0.15) is 11.4 Å². The zero-order valence-electron chi connectivity index (χ0n) is 18.2. The third-order valence-electron chi connectivity index (χ3n) is 5.48. The molecule has 0 radical (unpaired) electrons. The van der Waals surface area contributed by atoms with Gasteiger partial charge in [-0.3, -0.25) is 4.90 Å². The van der Waals surface area contributed by atoms with Crippen molar-refractivity contribution in [1.29, 1.82) is 0 Å². The van der Waals surface area contributed by atoms with Crippen LogP contribution in [0, 0.1) is 0 Å². The second-order valence-electron chi connectivity index (χ2n) is 7.83. The fourth-order valence-corrected chi connectivity index (χ4v) is 4.64. The Balaban J connectivity index is 1.74. The van der Waals surface area contributed by atoms with Crippen molar-refractivity contribution >= 4 is 17.3 Å². The highest BCUT2D eigenvalue weighted by atomic mass is 32.1. The Hall–Kier alpha value is -2.09. The van der Waals surface area contributed by atoms with E-state index in [2.05, 4.69) is 32.7 Å². The van der Waals surface area contributed by atoms with Crippen molar-refractivity contribution in [2.24, 2.45) is 4.99 Å². The quantitative estimate of drug-likeness (QED) is 0.420. The molecule has 2 heterocycles. The number of hydrogen-bond acceptors (Lipinski definition) is 5. The lowest BCUT2D eigenvalue weighted by molar-refractivity contribution is 0.0711. The van der Waals surface area contributed by atoms with E-state index < -0.39 is 5.60 Å². The van der Waals surface area contributed by atoms with Gasteiger partial charge in [0.05, 0.1) is 19.7 Å². The topological polar surface area (TPSA) is 69.1 Å². The minimum atomic E-state index is -0.979. The largest absolute Gasteiger partial charge is 0.496 e. The molecule has 3 N–H and O–H groups in total. The number of rotatable bonds is 9. The molecule has 2 atom stereocenters. The molecule has 7 heteroatoms. The summed E-state index contributed by atoms with van der Waals surface area (Å²) in [6.07, 6.45) is 2.45. The van der Waals surface area contributed by atoms with Gasteiger partial charge in [0.15, 0.2) is 5.96 Å². The van der Waals surface area contributed by atoms with Gasteiger partial charge < -0.3 is 20.5 Å². The summed E-state index contributed by atoms with van der Waals surface area (Å²) >= 11 is 1.55. The van der Waals surface area contributed by atoms with E-state index in [9.17, 15) is 5.11 Å². The summed E-state index contributed by atoms with van der Waals surface area (Å²) in [5, 5.41) is 19.6. The molecular weight excluding hydrogens is 396 g/mol. The van der Waals surface area contributed by atoms with Crippen molar-refractivity contribution in [3.63, 3.8) is 0 Å². The predicted octanol–water partition coefficient (Wildman–Crippen LogP) is 3.36. The van der Waals surface area contributed by atoms with Crippen LogP contribution in [0.3, 0.4) is 0 Å². The average molecular weight is 431 g/mol. The van der Waals surface area contributed by atoms with Crippen molar-refractivity contribution < 1.29 is 9.84 Å². The van der Waals surface area contributed by atoms with E-state index in [0.717, 1.165) is 30.3 Å². The van der Waals surface area contributed by atoms with Gasteiger partial charge in [0.25, 0.3) is 0 Å². The van der Waals surface area contributed by atoms with E-state index >= 15 is 0 Å². The van der Waals surface area contributed by atoms with Gasteiger partial charge in [-0.15, -0.1) is 11.3 Å². The number of benzene rings is 1. The van der Waals surface area contributed by atoms with Crippen LogP contribution in [0.5, 0.6) is 5.75 Å². The van der Waals surface area contributed by atoms with Crippen LogP contribution in [0.4, 0.5) is 0 Å². The number of ether oxygens (including phenoxy) is 1. The molecular formula is C23H34N4O2S. The fraction of sp³-hybridized carbons (Fsp3) is 0.522. The normalized spacial score (nSPS) is 18.1. The van der Waals surface area contributed by atoms with E-state index in [4.69, 9.17) is 4.74 Å². The van der Waals surface area contributed by atoms with Crippen LogP contribution in [0.1, 0.15) is 43.2 Å². The summed E-state index contributed by atoms with van der Waals surface area (Å²) < 4.78 is 5.64. The molecule has 1 saturated heterocycles. The number of aliphatic hydroxyl groups is 1. The maximum atomic E-state index is 10.8. The van der Waals surface area contributed by atoms with Crippen molar-refractivity contribution in [1.82, 2.24) is 15.5 Å². The molecule has 1 aromatic carbocycles. The summed E-state index contributed by atoms with van der Waals surface area (Å²) in [5.74, 6) is 1.63. The maximum Gasteiger partial charge on any atom is 0.191 e. The van der Waals surface area contributed by atoms with Crippen molar-refractivity contribution in [2.75, 3.05) is 39.8 Å². The first-order valence-corrected chi connectivity index (χ1v) is 11.6. The molecule has 3 rings (SSSR count). The number of thiophene rings is 1. The number of para-hydroxylation sites is 1. The number of hydrogen-bond donors (Lipinski definition) is 3. The molecule has 1 fully saturated rings. The lowest BCUT2D eigenvalue weighted by atomic mass is 10.0. The molecule has 1 aromatic heterocycles. The van der Waals surface area contributed by atoms with Gasteiger partial charge in [-0.05, 0) is 57.3 Å². The zero-order valence-corrected chi connectivity index (χ0v) is 19.0. The molecule has 1 aliphatic rings. The molecule has 6 nitrogen and oxygen atoms in total. The zero-order chi connectivity index (χ0) is 21.4. The Bertz CT molecular complexity index is 801. The lowest BCUT2D eigenvalue weighted by Crippen LogP contribution is -2.43. The fourth-order valence-electron chi connectivity index (χ4n) is 3.86. The number of nitrogens with one attached hydrogen (secondary N) is 2. The summed E-state index contributed by atoms with van der Waals surface area (Å²) in [7, 11) is 1.73. The monoisotopic (exact) mass is 430 g/mol. The van der Waals surface area contributed by atoms with E-state index in [-0.39, 0.29) is 6.04 Å². The van der Waals surface area contributed by atoms with E-state index in [0.29, 0.717) is 19.0 Å². The molecule has 0 amide bonds. The highest BCUT2D eigenvalue weighted by Crippen LogP contribution is 2.31. The summed E-state index contributed by atoms with van der Waals surface area (Å²) in [4.78, 5) is 8.11. The van der Waals surface area contributed by atoms with Crippen LogP contribution in [-0.4, -0.2) is 55.8 Å². The molecule has 1 aliphatic heterocycles. The third kappa shape index (κ3) is 5.74. The number of methoxy groups -OCH3 is 1. The van der Waals surface area contributed by atoms with Gasteiger partial charge in [-0.25, -0.2) is 4.99 Å². The van der Waals surface area contributed by atoms with Crippen LogP contribution < -0.4 is 15.4 Å². The minimum Gasteiger partial charge on any atom is -0.496 e. The van der Waals surface area contributed by atoms with Crippen molar-refractivity contribution in [3.8, 4) is 5.75 Å². The molecule has 0 bridgehead atoms. The van der Waals surface area contributed by atoms with Gasteiger partial charge >= 0.3 is 0 Å². The average Bonchev–Trinajstić information content (AvgIpc) is 3.47. The summed E-state index contributed by atoms with van der Waals surface area (Å²) in [6.45, 7) is 7.81. The first kappa shape index (κ1) is 22.6. The SMILES string of the molecule is CCNC(=NCC(C)(O)c1cccs1)NCC(c1ccccc1OC)N1CCCC1. The highest BCUT2D eigenvalue weighted by molar-refractivity contribution is 7.10. The lowest BCUT2D eigenvalue weighted by Gasteiger charge is -2.30. The Morgan fingerprint density at radius 2 is 2.00 bits per heavy atom. The van der Waals surface area contributed by atoms with Gasteiger partial charge in [0, 0.05) is 23.5 Å². The third-order valence-corrected chi connectivity index (χ3v) is 6.61. The van der Waals surface area contributed by atoms with Crippen molar-refractivity contribution in [2.45, 2.75) is 38.3 Å². The Morgan fingerprint density at radius 3 is 2.67 bits per heavy atom. The molecule has 164 valence electrons. The Morgan fingerprint density at radius 1 is 1.23 bits per heavy atom. The first-order chi connectivity index (χ1) is 14.5. The minimum absolute atomic E-state index is 0.199. The van der Waals surface area contributed by atoms with Gasteiger partial charge in [0.2, 0.25) is 0 Å². The second kappa shape index (κ2) is 10.8. The standard InChI is InChI=1S/C23H34N4O2S/c1-4-24-22(26-17-23(2,28)21-12-9-15-30-21)25-16-19(27-13-7-8-14-27)18-10-5-6-11-20(18)29-3/h5-6,9-12,15,19,28H,4,7-8,13-14,16-17H2,1-3H3,(H2,24,25,26). The number of likely N-dealkylation sites (tertiary alicyclic amines) is 1. The van der Waals surface area contributed by atoms with Crippen LogP contribution in [0.25, 0.3) is 0 Å². The predicted molar refractivity (Wildman–Crippen MR) is 124 cm³/mol. The maximum absolute atomic E-state index is 10.8. The molecule has 30 heavy (non-hydrogen) atoms. The number of nitrogens with zero attached hydrogens (tertiary/aromatic N) is 2. The van der Waals surface area contributed by atoms with Crippen LogP contribution in [-0.2, 0) is 5.60 Å². The Kier molecular flexibility index (Phi) is 8.13. The Labute approximate surface area is 184 Å².